The van der Waals surface area contributed by atoms with Crippen LogP contribution in [0.2, 0.25) is 0 Å². The first-order valence-electron chi connectivity index (χ1n) is 3.81. The normalized spacial score (nSPS) is 17.9. The van der Waals surface area contributed by atoms with E-state index in [-0.39, 0.29) is 14.9 Å². The molecule has 1 saturated carbocycles. The highest BCUT2D eigenvalue weighted by Crippen LogP contribution is 2.23. The number of ketones is 1. The fourth-order valence-electron chi connectivity index (χ4n) is 1.51. The average Bonchev–Trinajstić information content (AvgIpc) is 1.90. The van der Waals surface area contributed by atoms with Gasteiger partial charge in [-0.25, -0.2) is 0 Å². The largest absolute Gasteiger partial charge is 0.300 e. The molecule has 0 saturated heterocycles. The molecule has 1 aliphatic rings. The molecule has 1 fully saturated rings. The molecule has 68 valence electrons. The lowest BCUT2D eigenvalue weighted by Crippen LogP contribution is -2.13. The summed E-state index contributed by atoms with van der Waals surface area (Å²) < 4.78 is 0. The Kier molecular flexibility index (Phi) is 7.70. The van der Waals surface area contributed by atoms with E-state index in [4.69, 9.17) is 0 Å². The minimum absolute atomic E-state index is 0. The summed E-state index contributed by atoms with van der Waals surface area (Å²) in [7, 11) is 0. The fourth-order valence-corrected chi connectivity index (χ4v) is 1.51. The van der Waals surface area contributed by atoms with Crippen LogP contribution in [0.1, 0.15) is 53.9 Å². The van der Waals surface area contributed by atoms with Gasteiger partial charge in [-0.05, 0) is 19.8 Å². The molecular weight excluding hydrogens is 136 g/mol. The molecule has 0 radical (unpaired) electrons. The summed E-state index contributed by atoms with van der Waals surface area (Å²) in [6, 6.07) is 0. The van der Waals surface area contributed by atoms with Crippen molar-refractivity contribution in [2.24, 2.45) is 5.92 Å². The van der Waals surface area contributed by atoms with Crippen LogP contribution in [0.25, 0.3) is 0 Å². The predicted molar refractivity (Wildman–Crippen MR) is 50.7 cm³/mol. The predicted octanol–water partition coefficient (Wildman–Crippen LogP) is 3.43. The molecule has 1 aliphatic carbocycles. The van der Waals surface area contributed by atoms with Gasteiger partial charge in [-0.15, -0.1) is 0 Å². The quantitative estimate of drug-likeness (QED) is 0.571. The molecular formula is C10H22O. The Morgan fingerprint density at radius 3 is 1.82 bits per heavy atom. The third-order valence-corrected chi connectivity index (χ3v) is 2.18. The zero-order valence-corrected chi connectivity index (χ0v) is 6.02. The van der Waals surface area contributed by atoms with E-state index in [0.29, 0.717) is 11.7 Å². The Balaban J connectivity index is 0. The van der Waals surface area contributed by atoms with Crippen molar-refractivity contribution in [3.8, 4) is 0 Å². The lowest BCUT2D eigenvalue weighted by molar-refractivity contribution is -0.121. The Labute approximate surface area is 71.2 Å². The van der Waals surface area contributed by atoms with Crippen LogP contribution in [0.5, 0.6) is 0 Å². The summed E-state index contributed by atoms with van der Waals surface area (Å²) in [4.78, 5) is 10.8. The third kappa shape index (κ3) is 4.18. The average molecular weight is 158 g/mol. The topological polar surface area (TPSA) is 17.1 Å². The smallest absolute Gasteiger partial charge is 0.132 e. The van der Waals surface area contributed by atoms with Crippen molar-refractivity contribution in [1.82, 2.24) is 0 Å². The van der Waals surface area contributed by atoms with Crippen molar-refractivity contribution in [2.75, 3.05) is 0 Å². The van der Waals surface area contributed by atoms with Gasteiger partial charge in [0.05, 0.1) is 0 Å². The van der Waals surface area contributed by atoms with Crippen molar-refractivity contribution >= 4 is 5.78 Å². The number of carbonyl (C=O) groups excluding carboxylic acids is 1. The van der Waals surface area contributed by atoms with E-state index in [1.54, 1.807) is 6.92 Å². The van der Waals surface area contributed by atoms with Crippen molar-refractivity contribution in [2.45, 2.75) is 53.9 Å². The molecule has 0 aliphatic heterocycles. The highest BCUT2D eigenvalue weighted by molar-refractivity contribution is 5.78. The molecule has 0 amide bonds. The minimum Gasteiger partial charge on any atom is -0.300 e. The van der Waals surface area contributed by atoms with Crippen LogP contribution in [-0.4, -0.2) is 5.78 Å². The Bertz CT molecular complexity index is 101. The van der Waals surface area contributed by atoms with E-state index in [1.807, 2.05) is 0 Å². The molecule has 0 N–H and O–H groups in total. The first-order valence-corrected chi connectivity index (χ1v) is 3.81. The van der Waals surface area contributed by atoms with Crippen LogP contribution in [0.15, 0.2) is 0 Å². The SMILES string of the molecule is C.C.CC(=O)C1CCCCC1. The molecule has 0 aromatic rings. The zero-order valence-electron chi connectivity index (χ0n) is 6.02. The van der Waals surface area contributed by atoms with Gasteiger partial charge in [0.25, 0.3) is 0 Å². The number of rotatable bonds is 1. The van der Waals surface area contributed by atoms with Crippen LogP contribution in [0, 0.1) is 5.92 Å². The van der Waals surface area contributed by atoms with E-state index in [2.05, 4.69) is 0 Å². The standard InChI is InChI=1S/C8H14O.2CH4/c1-7(9)8-5-3-2-4-6-8;;/h8H,2-6H2,1H3;2*1H4. The van der Waals surface area contributed by atoms with Gasteiger partial charge in [0.1, 0.15) is 5.78 Å². The molecule has 0 unspecified atom stereocenters. The van der Waals surface area contributed by atoms with Crippen molar-refractivity contribution < 1.29 is 4.79 Å². The summed E-state index contributed by atoms with van der Waals surface area (Å²) in [6.07, 6.45) is 6.17. The number of carbonyl (C=O) groups is 1. The molecule has 0 bridgehead atoms. The molecule has 1 heteroatoms. The summed E-state index contributed by atoms with van der Waals surface area (Å²) in [5.41, 5.74) is 0. The second-order valence-electron chi connectivity index (χ2n) is 2.95. The van der Waals surface area contributed by atoms with Gasteiger partial charge in [-0.3, -0.25) is 4.79 Å². The molecule has 0 atom stereocenters. The van der Waals surface area contributed by atoms with Crippen molar-refractivity contribution in [3.63, 3.8) is 0 Å². The van der Waals surface area contributed by atoms with Gasteiger partial charge in [0.2, 0.25) is 0 Å². The lowest BCUT2D eigenvalue weighted by atomic mass is 9.87. The number of Topliss-reactive ketones (excluding diaryl/α,β-unsaturated/α-hetero) is 1. The molecule has 1 rings (SSSR count). The molecule has 0 heterocycles. The van der Waals surface area contributed by atoms with E-state index >= 15 is 0 Å². The molecule has 0 aromatic heterocycles. The molecule has 1 nitrogen and oxygen atoms in total. The number of hydrogen-bond donors (Lipinski definition) is 0. The van der Waals surface area contributed by atoms with Gasteiger partial charge < -0.3 is 0 Å². The second kappa shape index (κ2) is 6.38. The van der Waals surface area contributed by atoms with Gasteiger partial charge in [-0.2, -0.15) is 0 Å². The lowest BCUT2D eigenvalue weighted by Gasteiger charge is -2.17. The van der Waals surface area contributed by atoms with E-state index in [0.717, 1.165) is 12.8 Å². The first kappa shape index (κ1) is 13.3. The maximum atomic E-state index is 10.8. The van der Waals surface area contributed by atoms with Crippen LogP contribution in [0.4, 0.5) is 0 Å². The summed E-state index contributed by atoms with van der Waals surface area (Å²) >= 11 is 0. The Morgan fingerprint density at radius 2 is 1.55 bits per heavy atom. The molecule has 11 heavy (non-hydrogen) atoms. The van der Waals surface area contributed by atoms with Crippen LogP contribution >= 0.6 is 0 Å². The van der Waals surface area contributed by atoms with Crippen LogP contribution in [0.3, 0.4) is 0 Å². The fraction of sp³-hybridized carbons (Fsp3) is 0.900. The second-order valence-corrected chi connectivity index (χ2v) is 2.95. The first-order chi connectivity index (χ1) is 4.30. The van der Waals surface area contributed by atoms with E-state index in [9.17, 15) is 4.79 Å². The summed E-state index contributed by atoms with van der Waals surface area (Å²) in [6.45, 7) is 1.72. The van der Waals surface area contributed by atoms with Gasteiger partial charge in [0, 0.05) is 5.92 Å². The van der Waals surface area contributed by atoms with Crippen LogP contribution < -0.4 is 0 Å². The third-order valence-electron chi connectivity index (χ3n) is 2.18. The Hall–Kier alpha value is -0.330. The van der Waals surface area contributed by atoms with Crippen molar-refractivity contribution in [1.29, 1.82) is 0 Å². The van der Waals surface area contributed by atoms with E-state index < -0.39 is 0 Å². The van der Waals surface area contributed by atoms with Gasteiger partial charge in [0.15, 0.2) is 0 Å². The van der Waals surface area contributed by atoms with Gasteiger partial charge >= 0.3 is 0 Å². The number of hydrogen-bond acceptors (Lipinski definition) is 1. The maximum absolute atomic E-state index is 10.8. The van der Waals surface area contributed by atoms with E-state index in [1.165, 1.54) is 19.3 Å². The zero-order chi connectivity index (χ0) is 6.69. The molecule has 0 aromatic carbocycles. The highest BCUT2D eigenvalue weighted by atomic mass is 16.1. The maximum Gasteiger partial charge on any atom is 0.132 e. The summed E-state index contributed by atoms with van der Waals surface area (Å²) in [5.74, 6) is 0.813. The highest BCUT2D eigenvalue weighted by Gasteiger charge is 2.16. The summed E-state index contributed by atoms with van der Waals surface area (Å²) in [5, 5.41) is 0. The van der Waals surface area contributed by atoms with Gasteiger partial charge in [-0.1, -0.05) is 34.1 Å². The minimum atomic E-state index is 0. The van der Waals surface area contributed by atoms with Crippen molar-refractivity contribution in [3.05, 3.63) is 0 Å². The monoisotopic (exact) mass is 158 g/mol. The van der Waals surface area contributed by atoms with Crippen LogP contribution in [-0.2, 0) is 4.79 Å². The molecule has 0 spiro atoms. The Morgan fingerprint density at radius 1 is 1.09 bits per heavy atom.